The largest absolute Gasteiger partial charge is 0.228 e. The van der Waals surface area contributed by atoms with Gasteiger partial charge in [0, 0.05) is 22.1 Å². The molecule has 0 aliphatic heterocycles. The smallest absolute Gasteiger partial charge is 0.160 e. The summed E-state index contributed by atoms with van der Waals surface area (Å²) in [7, 11) is 0. The van der Waals surface area contributed by atoms with E-state index in [4.69, 9.17) is 9.97 Å². The van der Waals surface area contributed by atoms with Crippen LogP contribution in [0.4, 0.5) is 0 Å². The number of benzene rings is 8. The average molecular weight is 637 g/mol. The fourth-order valence-corrected chi connectivity index (χ4v) is 8.28. The van der Waals surface area contributed by atoms with Gasteiger partial charge >= 0.3 is 0 Å². The van der Waals surface area contributed by atoms with E-state index in [1.165, 1.54) is 60.1 Å². The van der Waals surface area contributed by atoms with Crippen LogP contribution >= 0.6 is 0 Å². The van der Waals surface area contributed by atoms with Crippen LogP contribution in [0.3, 0.4) is 0 Å². The van der Waals surface area contributed by atoms with Crippen LogP contribution in [0, 0.1) is 0 Å². The summed E-state index contributed by atoms with van der Waals surface area (Å²) in [4.78, 5) is 10.6. The van der Waals surface area contributed by atoms with Gasteiger partial charge in [-0.25, -0.2) is 9.97 Å². The molecule has 234 valence electrons. The molecule has 0 N–H and O–H groups in total. The summed E-state index contributed by atoms with van der Waals surface area (Å²) in [5, 5.41) is 7.27. The molecule has 1 aromatic heterocycles. The van der Waals surface area contributed by atoms with Gasteiger partial charge in [-0.3, -0.25) is 0 Å². The molecule has 1 aliphatic rings. The van der Waals surface area contributed by atoms with E-state index in [-0.39, 0.29) is 5.41 Å². The molecule has 2 nitrogen and oxygen atoms in total. The molecule has 1 heterocycles. The highest BCUT2D eigenvalue weighted by Gasteiger charge is 2.40. The second kappa shape index (κ2) is 11.1. The van der Waals surface area contributed by atoms with Crippen molar-refractivity contribution in [3.05, 3.63) is 193 Å². The lowest BCUT2D eigenvalue weighted by molar-refractivity contribution is 0.714. The summed E-state index contributed by atoms with van der Waals surface area (Å²) in [6.45, 7) is 2.36. The number of hydrogen-bond acceptors (Lipinski definition) is 2. The molecule has 2 heteroatoms. The Morgan fingerprint density at radius 3 is 1.90 bits per heavy atom. The van der Waals surface area contributed by atoms with Gasteiger partial charge in [-0.1, -0.05) is 158 Å². The lowest BCUT2D eigenvalue weighted by Crippen LogP contribution is -2.22. The van der Waals surface area contributed by atoms with Crippen LogP contribution < -0.4 is 0 Å². The quantitative estimate of drug-likeness (QED) is 0.142. The van der Waals surface area contributed by atoms with Gasteiger partial charge in [0.05, 0.1) is 11.4 Å². The van der Waals surface area contributed by atoms with Crippen LogP contribution in [0.5, 0.6) is 0 Å². The van der Waals surface area contributed by atoms with Crippen LogP contribution in [-0.4, -0.2) is 9.97 Å². The molecule has 10 rings (SSSR count). The summed E-state index contributed by atoms with van der Waals surface area (Å²) < 4.78 is 0. The van der Waals surface area contributed by atoms with E-state index in [9.17, 15) is 0 Å². The fourth-order valence-electron chi connectivity index (χ4n) is 8.28. The normalized spacial score (nSPS) is 15.0. The van der Waals surface area contributed by atoms with Gasteiger partial charge in [0.25, 0.3) is 0 Å². The Bertz CT molecular complexity index is 2770. The Labute approximate surface area is 291 Å². The van der Waals surface area contributed by atoms with Crippen molar-refractivity contribution >= 4 is 32.3 Å². The molecule has 50 heavy (non-hydrogen) atoms. The van der Waals surface area contributed by atoms with Crippen molar-refractivity contribution in [3.63, 3.8) is 0 Å². The topological polar surface area (TPSA) is 25.8 Å². The Hall–Kier alpha value is -6.38. The van der Waals surface area contributed by atoms with E-state index in [2.05, 4.69) is 177 Å². The van der Waals surface area contributed by atoms with Gasteiger partial charge in [0.15, 0.2) is 5.82 Å². The lowest BCUT2D eigenvalue weighted by Gasteiger charge is -2.28. The molecule has 9 aromatic rings. The van der Waals surface area contributed by atoms with Gasteiger partial charge in [-0.2, -0.15) is 0 Å². The van der Waals surface area contributed by atoms with E-state index in [0.717, 1.165) is 33.9 Å². The monoisotopic (exact) mass is 636 g/mol. The third-order valence-electron chi connectivity index (χ3n) is 10.7. The van der Waals surface area contributed by atoms with Gasteiger partial charge in [0.1, 0.15) is 0 Å². The molecule has 0 amide bonds. The van der Waals surface area contributed by atoms with E-state index >= 15 is 0 Å². The third kappa shape index (κ3) is 4.28. The van der Waals surface area contributed by atoms with Crippen molar-refractivity contribution in [2.45, 2.75) is 12.3 Å². The number of nitrogens with zero attached hydrogens (tertiary/aromatic N) is 2. The zero-order chi connectivity index (χ0) is 33.2. The molecule has 8 aromatic carbocycles. The molecule has 1 aliphatic carbocycles. The lowest BCUT2D eigenvalue weighted by atomic mass is 9.74. The first-order valence-electron chi connectivity index (χ1n) is 17.3. The van der Waals surface area contributed by atoms with E-state index in [0.29, 0.717) is 0 Å². The molecule has 0 bridgehead atoms. The molecular formula is C48H32N2. The van der Waals surface area contributed by atoms with Crippen molar-refractivity contribution in [3.8, 4) is 45.0 Å². The molecule has 0 saturated carbocycles. The maximum absolute atomic E-state index is 5.34. The van der Waals surface area contributed by atoms with Crippen molar-refractivity contribution in [1.29, 1.82) is 0 Å². The van der Waals surface area contributed by atoms with Crippen LogP contribution in [-0.2, 0) is 5.41 Å². The molecular weight excluding hydrogens is 605 g/mol. The fraction of sp³-hybridized carbons (Fsp3) is 0.0417. The maximum atomic E-state index is 5.34. The van der Waals surface area contributed by atoms with E-state index < -0.39 is 0 Å². The first-order chi connectivity index (χ1) is 24.7. The Morgan fingerprint density at radius 2 is 1.06 bits per heavy atom. The standard InChI is InChI=1S/C48H32N2/c1-48(35-18-6-3-7-19-35)42-23-13-12-22-38(42)41-29-34(25-27-43(41)48)44-30-45(50-47(49-44)32-15-4-2-5-16-32)46-37-21-11-9-17-33(37)28-40-36-20-10-8-14-31(36)24-26-39(40)46/h2-30H,1H3. The van der Waals surface area contributed by atoms with Crippen molar-refractivity contribution in [1.82, 2.24) is 9.97 Å². The Morgan fingerprint density at radius 1 is 0.400 bits per heavy atom. The highest BCUT2D eigenvalue weighted by molar-refractivity contribution is 6.19. The SMILES string of the molecule is CC1(c2ccccc2)c2ccccc2-c2cc(-c3cc(-c4c5ccccc5cc5c4ccc4ccccc45)nc(-c4ccccc4)n3)ccc21. The first kappa shape index (κ1) is 28.6. The minimum absolute atomic E-state index is 0.248. The van der Waals surface area contributed by atoms with Gasteiger partial charge in [0.2, 0.25) is 0 Å². The van der Waals surface area contributed by atoms with Crippen LogP contribution in [0.1, 0.15) is 23.6 Å². The molecule has 0 spiro atoms. The second-order valence-electron chi connectivity index (χ2n) is 13.5. The third-order valence-corrected chi connectivity index (χ3v) is 10.7. The molecule has 0 saturated heterocycles. The highest BCUT2D eigenvalue weighted by Crippen LogP contribution is 2.53. The second-order valence-corrected chi connectivity index (χ2v) is 13.5. The van der Waals surface area contributed by atoms with Gasteiger partial charge in [-0.05, 0) is 85.3 Å². The van der Waals surface area contributed by atoms with Crippen molar-refractivity contribution < 1.29 is 0 Å². The molecule has 0 fully saturated rings. The number of rotatable bonds is 4. The summed E-state index contributed by atoms with van der Waals surface area (Å²) in [5.74, 6) is 0.718. The zero-order valence-electron chi connectivity index (χ0n) is 27.6. The molecule has 1 atom stereocenters. The van der Waals surface area contributed by atoms with Crippen LogP contribution in [0.25, 0.3) is 77.3 Å². The first-order valence-corrected chi connectivity index (χ1v) is 17.3. The molecule has 0 radical (unpaired) electrons. The predicted molar refractivity (Wildman–Crippen MR) is 208 cm³/mol. The maximum Gasteiger partial charge on any atom is 0.160 e. The Kier molecular flexibility index (Phi) is 6.34. The minimum Gasteiger partial charge on any atom is -0.228 e. The molecule has 1 unspecified atom stereocenters. The van der Waals surface area contributed by atoms with Crippen molar-refractivity contribution in [2.24, 2.45) is 0 Å². The van der Waals surface area contributed by atoms with Crippen LogP contribution in [0.15, 0.2) is 176 Å². The van der Waals surface area contributed by atoms with E-state index in [1.54, 1.807) is 0 Å². The summed E-state index contributed by atoms with van der Waals surface area (Å²) in [6, 6.07) is 63.4. The number of hydrogen-bond donors (Lipinski definition) is 0. The summed E-state index contributed by atoms with van der Waals surface area (Å²) in [6.07, 6.45) is 0. The number of fused-ring (bicyclic) bond motifs is 7. The summed E-state index contributed by atoms with van der Waals surface area (Å²) >= 11 is 0. The van der Waals surface area contributed by atoms with Gasteiger partial charge in [-0.15, -0.1) is 0 Å². The van der Waals surface area contributed by atoms with Gasteiger partial charge < -0.3 is 0 Å². The number of aromatic nitrogens is 2. The Balaban J connectivity index is 1.24. The average Bonchev–Trinajstić information content (AvgIpc) is 3.45. The zero-order valence-corrected chi connectivity index (χ0v) is 27.6. The van der Waals surface area contributed by atoms with Crippen molar-refractivity contribution in [2.75, 3.05) is 0 Å². The van der Waals surface area contributed by atoms with Crippen LogP contribution in [0.2, 0.25) is 0 Å². The summed E-state index contributed by atoms with van der Waals surface area (Å²) in [5.41, 5.74) is 11.3. The van der Waals surface area contributed by atoms with E-state index in [1.807, 2.05) is 6.07 Å². The highest BCUT2D eigenvalue weighted by atomic mass is 14.9. The minimum atomic E-state index is -0.248. The predicted octanol–water partition coefficient (Wildman–Crippen LogP) is 12.3.